The van der Waals surface area contributed by atoms with Crippen molar-refractivity contribution in [3.63, 3.8) is 0 Å². The first-order valence-corrected chi connectivity index (χ1v) is 5.03. The van der Waals surface area contributed by atoms with E-state index in [1.807, 2.05) is 0 Å². The van der Waals surface area contributed by atoms with Gasteiger partial charge < -0.3 is 5.11 Å². The van der Waals surface area contributed by atoms with Crippen molar-refractivity contribution >= 4 is 5.97 Å². The van der Waals surface area contributed by atoms with Crippen LogP contribution in [0.2, 0.25) is 0 Å². The summed E-state index contributed by atoms with van der Waals surface area (Å²) in [6.07, 6.45) is 1.27. The predicted octanol–water partition coefficient (Wildman–Crippen LogP) is 1.92. The van der Waals surface area contributed by atoms with Gasteiger partial charge in [0.1, 0.15) is 0 Å². The molecule has 3 saturated carbocycles. The smallest absolute Gasteiger partial charge is 0.307 e. The molecule has 13 heavy (non-hydrogen) atoms. The van der Waals surface area contributed by atoms with Gasteiger partial charge in [0.15, 0.2) is 0 Å². The van der Waals surface area contributed by atoms with Crippen LogP contribution in [-0.4, -0.2) is 11.1 Å². The number of allylic oxidation sites excluding steroid dienone is 2. The second-order valence-corrected chi connectivity index (χ2v) is 4.93. The zero-order chi connectivity index (χ0) is 9.33. The number of fused-ring (bicyclic) bond motifs is 3. The van der Waals surface area contributed by atoms with Crippen molar-refractivity contribution in [3.8, 4) is 0 Å². The Labute approximate surface area is 77.6 Å². The highest BCUT2D eigenvalue weighted by atomic mass is 16.4. The molecule has 0 bridgehead atoms. The molecule has 3 rings (SSSR count). The van der Waals surface area contributed by atoms with Gasteiger partial charge in [0, 0.05) is 0 Å². The largest absolute Gasteiger partial charge is 0.481 e. The summed E-state index contributed by atoms with van der Waals surface area (Å²) in [7, 11) is 0. The predicted molar refractivity (Wildman–Crippen MR) is 48.1 cm³/mol. The van der Waals surface area contributed by atoms with Gasteiger partial charge >= 0.3 is 5.97 Å². The fourth-order valence-corrected chi connectivity index (χ4v) is 3.54. The standard InChI is InChI=1S/C11H14O2/c1-4(2)7-5-3-6(5)8-9(7)10(8)11(12)13/h5-6,8-10H,3H2,1-2H3,(H,12,13)/t5-,6+,8-,9+,10+/m0/s1. The summed E-state index contributed by atoms with van der Waals surface area (Å²) in [6.45, 7) is 4.26. The summed E-state index contributed by atoms with van der Waals surface area (Å²) >= 11 is 0. The molecule has 0 aromatic carbocycles. The van der Waals surface area contributed by atoms with Crippen LogP contribution in [0.1, 0.15) is 20.3 Å². The molecule has 0 unspecified atom stereocenters. The van der Waals surface area contributed by atoms with Gasteiger partial charge in [0.25, 0.3) is 0 Å². The van der Waals surface area contributed by atoms with Gasteiger partial charge in [-0.15, -0.1) is 0 Å². The average molecular weight is 178 g/mol. The fourth-order valence-electron chi connectivity index (χ4n) is 3.54. The number of carbonyl (C=O) groups is 1. The van der Waals surface area contributed by atoms with Crippen LogP contribution in [0.4, 0.5) is 0 Å². The third-order valence-electron chi connectivity index (χ3n) is 4.03. The van der Waals surface area contributed by atoms with Gasteiger partial charge in [-0.1, -0.05) is 11.1 Å². The Kier molecular flexibility index (Phi) is 1.17. The highest BCUT2D eigenvalue weighted by Gasteiger charge is 2.73. The first kappa shape index (κ1) is 7.60. The maximum atomic E-state index is 10.9. The molecular formula is C11H14O2. The van der Waals surface area contributed by atoms with Crippen molar-refractivity contribution < 1.29 is 9.90 Å². The number of carboxylic acid groups (broad SMARTS) is 1. The fraction of sp³-hybridized carbons (Fsp3) is 0.727. The lowest BCUT2D eigenvalue weighted by atomic mass is 10.0. The monoisotopic (exact) mass is 178 g/mol. The Morgan fingerprint density at radius 3 is 2.69 bits per heavy atom. The molecule has 0 saturated heterocycles. The molecule has 0 heterocycles. The molecule has 0 radical (unpaired) electrons. The lowest BCUT2D eigenvalue weighted by Gasteiger charge is -2.05. The summed E-state index contributed by atoms with van der Waals surface area (Å²) in [5.74, 6) is 1.90. The molecule has 1 N–H and O–H groups in total. The van der Waals surface area contributed by atoms with Gasteiger partial charge in [0.05, 0.1) is 5.92 Å². The minimum absolute atomic E-state index is 0.0198. The summed E-state index contributed by atoms with van der Waals surface area (Å²) in [5.41, 5.74) is 2.88. The number of hydrogen-bond acceptors (Lipinski definition) is 1. The van der Waals surface area contributed by atoms with Crippen molar-refractivity contribution in [1.82, 2.24) is 0 Å². The van der Waals surface area contributed by atoms with E-state index in [4.69, 9.17) is 5.11 Å². The molecule has 0 aromatic rings. The van der Waals surface area contributed by atoms with E-state index in [2.05, 4.69) is 13.8 Å². The third kappa shape index (κ3) is 0.767. The highest BCUT2D eigenvalue weighted by molar-refractivity contribution is 5.77. The normalized spacial score (nSPS) is 49.7. The second kappa shape index (κ2) is 1.99. The number of aliphatic carboxylic acids is 1. The number of carboxylic acids is 1. The molecule has 0 aromatic heterocycles. The SMILES string of the molecule is CC(C)=C1[C@H]2[C@H](C(=O)O)[C@H]2[C@@H]2C[C@H]12. The van der Waals surface area contributed by atoms with Gasteiger partial charge in [0.2, 0.25) is 0 Å². The third-order valence-corrected chi connectivity index (χ3v) is 4.03. The first-order valence-electron chi connectivity index (χ1n) is 5.03. The lowest BCUT2D eigenvalue weighted by Crippen LogP contribution is -2.05. The molecule has 2 heteroatoms. The molecule has 2 nitrogen and oxygen atoms in total. The van der Waals surface area contributed by atoms with Gasteiger partial charge in [-0.2, -0.15) is 0 Å². The van der Waals surface area contributed by atoms with E-state index < -0.39 is 5.97 Å². The molecule has 5 atom stereocenters. The molecule has 0 amide bonds. The number of rotatable bonds is 1. The van der Waals surface area contributed by atoms with E-state index in [1.165, 1.54) is 17.6 Å². The van der Waals surface area contributed by atoms with E-state index in [0.29, 0.717) is 11.8 Å². The van der Waals surface area contributed by atoms with Crippen molar-refractivity contribution in [3.05, 3.63) is 11.1 Å². The van der Waals surface area contributed by atoms with E-state index in [-0.39, 0.29) is 5.92 Å². The zero-order valence-corrected chi connectivity index (χ0v) is 7.95. The quantitative estimate of drug-likeness (QED) is 0.623. The summed E-state index contributed by atoms with van der Waals surface area (Å²) in [4.78, 5) is 10.9. The average Bonchev–Trinajstić information content (AvgIpc) is 2.85. The van der Waals surface area contributed by atoms with E-state index in [1.54, 1.807) is 0 Å². The Bertz CT molecular complexity index is 325. The van der Waals surface area contributed by atoms with Crippen LogP contribution in [0.25, 0.3) is 0 Å². The van der Waals surface area contributed by atoms with Crippen molar-refractivity contribution in [2.45, 2.75) is 20.3 Å². The van der Waals surface area contributed by atoms with Crippen LogP contribution >= 0.6 is 0 Å². The van der Waals surface area contributed by atoms with Crippen molar-refractivity contribution in [2.24, 2.45) is 29.6 Å². The van der Waals surface area contributed by atoms with Crippen molar-refractivity contribution in [1.29, 1.82) is 0 Å². The van der Waals surface area contributed by atoms with Crippen LogP contribution in [0.15, 0.2) is 11.1 Å². The summed E-state index contributed by atoms with van der Waals surface area (Å²) < 4.78 is 0. The van der Waals surface area contributed by atoms with E-state index in [0.717, 1.165) is 11.8 Å². The highest BCUT2D eigenvalue weighted by Crippen LogP contribution is 2.75. The van der Waals surface area contributed by atoms with Crippen LogP contribution in [-0.2, 0) is 4.79 Å². The zero-order valence-electron chi connectivity index (χ0n) is 7.95. The molecule has 70 valence electrons. The Morgan fingerprint density at radius 1 is 1.46 bits per heavy atom. The molecule has 3 aliphatic rings. The van der Waals surface area contributed by atoms with E-state index in [9.17, 15) is 4.79 Å². The Balaban J connectivity index is 1.95. The minimum Gasteiger partial charge on any atom is -0.481 e. The molecular weight excluding hydrogens is 164 g/mol. The number of hydrogen-bond donors (Lipinski definition) is 1. The van der Waals surface area contributed by atoms with Crippen LogP contribution in [0.5, 0.6) is 0 Å². The van der Waals surface area contributed by atoms with Gasteiger partial charge in [-0.25, -0.2) is 0 Å². The van der Waals surface area contributed by atoms with Crippen LogP contribution in [0.3, 0.4) is 0 Å². The summed E-state index contributed by atoms with van der Waals surface area (Å²) in [6, 6.07) is 0. The molecule has 0 spiro atoms. The lowest BCUT2D eigenvalue weighted by molar-refractivity contribution is -0.139. The first-order chi connectivity index (χ1) is 6.13. The molecule has 3 aliphatic carbocycles. The van der Waals surface area contributed by atoms with Crippen molar-refractivity contribution in [2.75, 3.05) is 0 Å². The Morgan fingerprint density at radius 2 is 2.15 bits per heavy atom. The molecule has 3 fully saturated rings. The second-order valence-electron chi connectivity index (χ2n) is 4.93. The molecule has 0 aliphatic heterocycles. The minimum atomic E-state index is -0.570. The Hall–Kier alpha value is -0.790. The van der Waals surface area contributed by atoms with Gasteiger partial charge in [-0.05, 0) is 43.9 Å². The van der Waals surface area contributed by atoms with E-state index >= 15 is 0 Å². The topological polar surface area (TPSA) is 37.3 Å². The summed E-state index contributed by atoms with van der Waals surface area (Å²) in [5, 5.41) is 8.97. The maximum absolute atomic E-state index is 10.9. The maximum Gasteiger partial charge on any atom is 0.307 e. The van der Waals surface area contributed by atoms with Crippen LogP contribution in [0, 0.1) is 29.6 Å². The van der Waals surface area contributed by atoms with Crippen LogP contribution < -0.4 is 0 Å². The van der Waals surface area contributed by atoms with Gasteiger partial charge in [-0.3, -0.25) is 4.79 Å².